The minimum Gasteiger partial charge on any atom is -0.477 e. The van der Waals surface area contributed by atoms with E-state index in [9.17, 15) is 13.2 Å². The van der Waals surface area contributed by atoms with E-state index in [1.54, 1.807) is 0 Å². The standard InChI is InChI=1S/C10H12BrNO6S2/c11-9-8(3-7(19-9)10(13)14)20(15,16)12-4-6-5-17-1-2-18-6/h3,6,12H,1-2,4-5H2,(H,13,14). The van der Waals surface area contributed by atoms with E-state index in [0.29, 0.717) is 19.8 Å². The third-order valence-corrected chi connectivity index (χ3v) is 6.21. The first-order chi connectivity index (χ1) is 9.40. The molecule has 112 valence electrons. The third kappa shape index (κ3) is 3.77. The SMILES string of the molecule is O=C(O)c1cc(S(=O)(=O)NCC2COCCO2)c(Br)s1. The topological polar surface area (TPSA) is 102 Å². The van der Waals surface area contributed by atoms with Gasteiger partial charge in [-0.2, -0.15) is 0 Å². The lowest BCUT2D eigenvalue weighted by Crippen LogP contribution is -2.39. The van der Waals surface area contributed by atoms with Crippen molar-refractivity contribution in [3.05, 3.63) is 14.7 Å². The number of sulfonamides is 1. The van der Waals surface area contributed by atoms with Crippen molar-refractivity contribution in [1.29, 1.82) is 0 Å². The number of halogens is 1. The summed E-state index contributed by atoms with van der Waals surface area (Å²) >= 11 is 3.92. The van der Waals surface area contributed by atoms with Crippen LogP contribution in [0, 0.1) is 0 Å². The number of nitrogens with one attached hydrogen (secondary N) is 1. The van der Waals surface area contributed by atoms with Crippen LogP contribution in [0.15, 0.2) is 14.7 Å². The van der Waals surface area contributed by atoms with Crippen LogP contribution in [0.3, 0.4) is 0 Å². The Morgan fingerprint density at radius 2 is 2.30 bits per heavy atom. The minimum atomic E-state index is -3.79. The maximum atomic E-state index is 12.1. The molecule has 0 saturated carbocycles. The van der Waals surface area contributed by atoms with E-state index in [1.807, 2.05) is 0 Å². The number of hydrogen-bond donors (Lipinski definition) is 2. The van der Waals surface area contributed by atoms with Gasteiger partial charge in [0.25, 0.3) is 0 Å². The molecule has 7 nitrogen and oxygen atoms in total. The van der Waals surface area contributed by atoms with Crippen molar-refractivity contribution in [1.82, 2.24) is 4.72 Å². The van der Waals surface area contributed by atoms with Crippen LogP contribution in [0.2, 0.25) is 0 Å². The van der Waals surface area contributed by atoms with Crippen molar-refractivity contribution in [2.75, 3.05) is 26.4 Å². The quantitative estimate of drug-likeness (QED) is 0.780. The van der Waals surface area contributed by atoms with Gasteiger partial charge in [-0.3, -0.25) is 0 Å². The van der Waals surface area contributed by atoms with Crippen LogP contribution in [-0.2, 0) is 19.5 Å². The molecule has 0 aromatic carbocycles. The van der Waals surface area contributed by atoms with E-state index in [1.165, 1.54) is 0 Å². The van der Waals surface area contributed by atoms with E-state index < -0.39 is 16.0 Å². The van der Waals surface area contributed by atoms with Gasteiger partial charge in [-0.25, -0.2) is 17.9 Å². The molecule has 0 bridgehead atoms. The Balaban J connectivity index is 2.07. The van der Waals surface area contributed by atoms with Crippen molar-refractivity contribution >= 4 is 43.3 Å². The zero-order chi connectivity index (χ0) is 14.8. The summed E-state index contributed by atoms with van der Waals surface area (Å²) in [4.78, 5) is 10.7. The summed E-state index contributed by atoms with van der Waals surface area (Å²) in [5, 5.41) is 8.86. The molecule has 2 N–H and O–H groups in total. The van der Waals surface area contributed by atoms with Crippen molar-refractivity contribution in [2.45, 2.75) is 11.0 Å². The molecule has 0 radical (unpaired) electrons. The van der Waals surface area contributed by atoms with Crippen LogP contribution in [0.25, 0.3) is 0 Å². The zero-order valence-electron chi connectivity index (χ0n) is 10.2. The largest absolute Gasteiger partial charge is 0.477 e. The fourth-order valence-electron chi connectivity index (χ4n) is 1.58. The summed E-state index contributed by atoms with van der Waals surface area (Å²) in [5.74, 6) is -1.17. The molecule has 1 aromatic rings. The van der Waals surface area contributed by atoms with Crippen molar-refractivity contribution in [3.8, 4) is 0 Å². The number of aromatic carboxylic acids is 1. The monoisotopic (exact) mass is 385 g/mol. The third-order valence-electron chi connectivity index (χ3n) is 2.54. The molecule has 20 heavy (non-hydrogen) atoms. The van der Waals surface area contributed by atoms with Crippen molar-refractivity contribution in [3.63, 3.8) is 0 Å². The van der Waals surface area contributed by atoms with E-state index in [2.05, 4.69) is 20.7 Å². The van der Waals surface area contributed by atoms with E-state index in [0.717, 1.165) is 17.4 Å². The molecule has 2 heterocycles. The lowest BCUT2D eigenvalue weighted by atomic mass is 10.3. The van der Waals surface area contributed by atoms with Gasteiger partial charge < -0.3 is 14.6 Å². The smallest absolute Gasteiger partial charge is 0.345 e. The summed E-state index contributed by atoms with van der Waals surface area (Å²) in [6.07, 6.45) is -0.338. The molecule has 1 fully saturated rings. The van der Waals surface area contributed by atoms with Crippen molar-refractivity contribution < 1.29 is 27.8 Å². The first kappa shape index (κ1) is 15.9. The molecule has 1 aromatic heterocycles. The van der Waals surface area contributed by atoms with Gasteiger partial charge in [0.1, 0.15) is 9.77 Å². The second-order valence-corrected chi connectivity index (χ2v) is 8.08. The predicted octanol–water partition coefficient (Wildman–Crippen LogP) is 0.902. The fraction of sp³-hybridized carbons (Fsp3) is 0.500. The highest BCUT2D eigenvalue weighted by atomic mass is 79.9. The second-order valence-electron chi connectivity index (χ2n) is 3.97. The highest BCUT2D eigenvalue weighted by Gasteiger charge is 2.25. The van der Waals surface area contributed by atoms with Gasteiger partial charge in [-0.1, -0.05) is 0 Å². The molecule has 0 spiro atoms. The zero-order valence-corrected chi connectivity index (χ0v) is 13.4. The van der Waals surface area contributed by atoms with Gasteiger partial charge >= 0.3 is 5.97 Å². The molecule has 0 aliphatic carbocycles. The number of rotatable bonds is 5. The molecule has 2 rings (SSSR count). The van der Waals surface area contributed by atoms with Gasteiger partial charge in [-0.15, -0.1) is 11.3 Å². The van der Waals surface area contributed by atoms with E-state index in [4.69, 9.17) is 14.6 Å². The van der Waals surface area contributed by atoms with E-state index >= 15 is 0 Å². The Hall–Kier alpha value is -0.520. The van der Waals surface area contributed by atoms with Gasteiger partial charge in [0.15, 0.2) is 0 Å². The average Bonchev–Trinajstić information content (AvgIpc) is 2.81. The van der Waals surface area contributed by atoms with E-state index in [-0.39, 0.29) is 26.2 Å². The van der Waals surface area contributed by atoms with Crippen LogP contribution in [0.5, 0.6) is 0 Å². The van der Waals surface area contributed by atoms with Gasteiger partial charge in [0.2, 0.25) is 10.0 Å². The lowest BCUT2D eigenvalue weighted by molar-refractivity contribution is -0.0846. The molecular formula is C10H12BrNO6S2. The number of ether oxygens (including phenoxy) is 2. The molecule has 0 amide bonds. The Morgan fingerprint density at radius 1 is 1.55 bits per heavy atom. The first-order valence-corrected chi connectivity index (χ1v) is 8.71. The summed E-state index contributed by atoms with van der Waals surface area (Å²) in [5.41, 5.74) is 0. The van der Waals surface area contributed by atoms with Crippen LogP contribution < -0.4 is 4.72 Å². The van der Waals surface area contributed by atoms with Crippen LogP contribution in [0.4, 0.5) is 0 Å². The van der Waals surface area contributed by atoms with Crippen molar-refractivity contribution in [2.24, 2.45) is 0 Å². The molecule has 1 unspecified atom stereocenters. The minimum absolute atomic E-state index is 0.0468. The molecule has 1 saturated heterocycles. The summed E-state index contributed by atoms with van der Waals surface area (Å²) in [7, 11) is -3.79. The summed E-state index contributed by atoms with van der Waals surface area (Å²) in [6, 6.07) is 1.12. The Labute approximate surface area is 128 Å². The van der Waals surface area contributed by atoms with Crippen LogP contribution in [0.1, 0.15) is 9.67 Å². The lowest BCUT2D eigenvalue weighted by Gasteiger charge is -2.22. The highest BCUT2D eigenvalue weighted by molar-refractivity contribution is 9.11. The average molecular weight is 386 g/mol. The Bertz CT molecular complexity index is 593. The summed E-state index contributed by atoms with van der Waals surface area (Å²) in [6.45, 7) is 1.33. The predicted molar refractivity (Wildman–Crippen MR) is 74.7 cm³/mol. The van der Waals surface area contributed by atoms with Gasteiger partial charge in [0, 0.05) is 6.54 Å². The summed E-state index contributed by atoms with van der Waals surface area (Å²) < 4.78 is 37.4. The molecule has 1 aliphatic heterocycles. The maximum Gasteiger partial charge on any atom is 0.345 e. The number of carboxylic acid groups (broad SMARTS) is 1. The highest BCUT2D eigenvalue weighted by Crippen LogP contribution is 2.31. The Kier molecular flexibility index (Phi) is 5.15. The second kappa shape index (κ2) is 6.50. The molecular weight excluding hydrogens is 374 g/mol. The maximum absolute atomic E-state index is 12.1. The number of thiophene rings is 1. The fourth-order valence-corrected chi connectivity index (χ4v) is 5.04. The molecule has 1 atom stereocenters. The Morgan fingerprint density at radius 3 is 2.85 bits per heavy atom. The number of carboxylic acids is 1. The molecule has 1 aliphatic rings. The van der Waals surface area contributed by atoms with Crippen LogP contribution >= 0.6 is 27.3 Å². The molecule has 10 heteroatoms. The van der Waals surface area contributed by atoms with Gasteiger partial charge in [0.05, 0.1) is 29.7 Å². The normalized spacial score (nSPS) is 19.9. The van der Waals surface area contributed by atoms with Crippen LogP contribution in [-0.4, -0.2) is 52.0 Å². The number of carbonyl (C=O) groups is 1. The first-order valence-electron chi connectivity index (χ1n) is 5.62. The number of hydrogen-bond acceptors (Lipinski definition) is 6. The van der Waals surface area contributed by atoms with Gasteiger partial charge in [-0.05, 0) is 22.0 Å².